The Balaban J connectivity index is 2.07. The minimum atomic E-state index is -0.870. The Bertz CT molecular complexity index is 604. The summed E-state index contributed by atoms with van der Waals surface area (Å²) in [5, 5.41) is 22.4. The summed E-state index contributed by atoms with van der Waals surface area (Å²) < 4.78 is 0. The highest BCUT2D eigenvalue weighted by Crippen LogP contribution is 2.26. The lowest BCUT2D eigenvalue weighted by molar-refractivity contribution is -0.384. The highest BCUT2D eigenvalue weighted by molar-refractivity contribution is 6.31. The van der Waals surface area contributed by atoms with E-state index in [2.05, 4.69) is 5.32 Å². The molecule has 2 unspecified atom stereocenters. The third kappa shape index (κ3) is 3.69. The molecular weight excluding hydrogens is 300 g/mol. The van der Waals surface area contributed by atoms with E-state index in [9.17, 15) is 19.7 Å². The molecule has 8 heteroatoms. The number of hydrogen-bond donors (Lipinski definition) is 2. The number of nitro benzene ring substituents is 1. The van der Waals surface area contributed by atoms with Crippen LogP contribution in [0, 0.1) is 16.0 Å². The number of carbonyl (C=O) groups is 2. The molecule has 0 bridgehead atoms. The van der Waals surface area contributed by atoms with Crippen LogP contribution < -0.4 is 5.32 Å². The van der Waals surface area contributed by atoms with Gasteiger partial charge in [-0.1, -0.05) is 11.6 Å². The normalized spacial score (nSPS) is 21.0. The van der Waals surface area contributed by atoms with Crippen molar-refractivity contribution in [2.75, 3.05) is 0 Å². The molecule has 1 amide bonds. The first-order chi connectivity index (χ1) is 9.86. The maximum Gasteiger partial charge on any atom is 0.306 e. The van der Waals surface area contributed by atoms with Crippen molar-refractivity contribution in [2.24, 2.45) is 5.92 Å². The largest absolute Gasteiger partial charge is 0.481 e. The van der Waals surface area contributed by atoms with Crippen molar-refractivity contribution >= 4 is 29.2 Å². The Kier molecular flexibility index (Phi) is 4.42. The van der Waals surface area contributed by atoms with Gasteiger partial charge in [-0.3, -0.25) is 19.7 Å². The third-order valence-electron chi connectivity index (χ3n) is 3.47. The fourth-order valence-corrected chi connectivity index (χ4v) is 2.65. The molecule has 21 heavy (non-hydrogen) atoms. The summed E-state index contributed by atoms with van der Waals surface area (Å²) in [6, 6.07) is 3.41. The average molecular weight is 313 g/mol. The van der Waals surface area contributed by atoms with Crippen LogP contribution in [0.4, 0.5) is 5.69 Å². The molecule has 2 N–H and O–H groups in total. The maximum atomic E-state index is 12.1. The summed E-state index contributed by atoms with van der Waals surface area (Å²) in [5.41, 5.74) is -0.171. The van der Waals surface area contributed by atoms with Gasteiger partial charge in [0.1, 0.15) is 0 Å². The van der Waals surface area contributed by atoms with Gasteiger partial charge in [-0.2, -0.15) is 0 Å². The predicted octanol–water partition coefficient (Wildman–Crippen LogP) is 2.23. The van der Waals surface area contributed by atoms with Crippen molar-refractivity contribution in [3.05, 3.63) is 38.9 Å². The van der Waals surface area contributed by atoms with Crippen LogP contribution in [0.25, 0.3) is 0 Å². The van der Waals surface area contributed by atoms with Crippen LogP contribution in [0.1, 0.15) is 29.6 Å². The molecule has 0 saturated heterocycles. The molecule has 1 aromatic rings. The van der Waals surface area contributed by atoms with Gasteiger partial charge >= 0.3 is 5.97 Å². The van der Waals surface area contributed by atoms with Crippen LogP contribution >= 0.6 is 11.6 Å². The molecule has 1 aromatic carbocycles. The van der Waals surface area contributed by atoms with Gasteiger partial charge in [-0.15, -0.1) is 0 Å². The zero-order valence-electron chi connectivity index (χ0n) is 10.9. The molecule has 1 fully saturated rings. The second-order valence-corrected chi connectivity index (χ2v) is 5.41. The summed E-state index contributed by atoms with van der Waals surface area (Å²) in [4.78, 5) is 33.0. The van der Waals surface area contributed by atoms with E-state index < -0.39 is 22.7 Å². The first-order valence-corrected chi connectivity index (χ1v) is 6.73. The molecule has 1 saturated carbocycles. The quantitative estimate of drug-likeness (QED) is 0.654. The van der Waals surface area contributed by atoms with Crippen molar-refractivity contribution in [3.8, 4) is 0 Å². The summed E-state index contributed by atoms with van der Waals surface area (Å²) >= 11 is 5.76. The van der Waals surface area contributed by atoms with Crippen molar-refractivity contribution in [1.82, 2.24) is 5.32 Å². The number of amides is 1. The molecule has 0 aliphatic heterocycles. The Labute approximate surface area is 125 Å². The maximum absolute atomic E-state index is 12.1. The van der Waals surface area contributed by atoms with Gasteiger partial charge in [0.15, 0.2) is 0 Å². The fourth-order valence-electron chi connectivity index (χ4n) is 2.42. The van der Waals surface area contributed by atoms with Gasteiger partial charge in [-0.25, -0.2) is 0 Å². The second kappa shape index (κ2) is 6.09. The first kappa shape index (κ1) is 15.2. The Morgan fingerprint density at radius 1 is 1.33 bits per heavy atom. The highest BCUT2D eigenvalue weighted by atomic mass is 35.5. The van der Waals surface area contributed by atoms with Crippen molar-refractivity contribution in [2.45, 2.75) is 25.3 Å². The summed E-state index contributed by atoms with van der Waals surface area (Å²) in [6.45, 7) is 0. The van der Waals surface area contributed by atoms with Crippen LogP contribution in [-0.2, 0) is 4.79 Å². The lowest BCUT2D eigenvalue weighted by Gasteiger charge is -2.12. The van der Waals surface area contributed by atoms with Gasteiger partial charge in [0.25, 0.3) is 11.6 Å². The number of benzene rings is 1. The van der Waals surface area contributed by atoms with E-state index in [4.69, 9.17) is 16.7 Å². The molecule has 2 rings (SSSR count). The number of non-ortho nitro benzene ring substituents is 1. The standard InChI is InChI=1S/C13H13ClN2O5/c14-9-3-8(5-11(6-9)16(20)21)12(17)15-10-2-1-7(4-10)13(18)19/h3,5-7,10H,1-2,4H2,(H,15,17)(H,18,19). The van der Waals surface area contributed by atoms with Crippen LogP contribution in [0.3, 0.4) is 0 Å². The molecule has 7 nitrogen and oxygen atoms in total. The fraction of sp³-hybridized carbons (Fsp3) is 0.385. The van der Waals surface area contributed by atoms with Gasteiger partial charge in [0.05, 0.1) is 10.8 Å². The lowest BCUT2D eigenvalue weighted by atomic mass is 10.1. The number of hydrogen-bond acceptors (Lipinski definition) is 4. The van der Waals surface area contributed by atoms with Gasteiger partial charge < -0.3 is 10.4 Å². The van der Waals surface area contributed by atoms with E-state index in [0.717, 1.165) is 12.1 Å². The van der Waals surface area contributed by atoms with Gasteiger partial charge in [0.2, 0.25) is 0 Å². The first-order valence-electron chi connectivity index (χ1n) is 6.35. The average Bonchev–Trinajstić information content (AvgIpc) is 2.86. The number of aliphatic carboxylic acids is 1. The van der Waals surface area contributed by atoms with Crippen molar-refractivity contribution in [1.29, 1.82) is 0 Å². The monoisotopic (exact) mass is 312 g/mol. The molecule has 0 heterocycles. The van der Waals surface area contributed by atoms with E-state index in [1.807, 2.05) is 0 Å². The molecule has 0 radical (unpaired) electrons. The third-order valence-corrected chi connectivity index (χ3v) is 3.69. The van der Waals surface area contributed by atoms with E-state index in [1.165, 1.54) is 6.07 Å². The minimum Gasteiger partial charge on any atom is -0.481 e. The predicted molar refractivity (Wildman–Crippen MR) is 74.3 cm³/mol. The molecule has 112 valence electrons. The van der Waals surface area contributed by atoms with Crippen molar-refractivity contribution in [3.63, 3.8) is 0 Å². The SMILES string of the molecule is O=C(NC1CCC(C(=O)O)C1)c1cc(Cl)cc([N+](=O)[O-])c1. The van der Waals surface area contributed by atoms with Gasteiger partial charge in [-0.05, 0) is 25.3 Å². The zero-order valence-corrected chi connectivity index (χ0v) is 11.7. The minimum absolute atomic E-state index is 0.0907. The lowest BCUT2D eigenvalue weighted by Crippen LogP contribution is -2.33. The molecule has 0 spiro atoms. The van der Waals surface area contributed by atoms with E-state index >= 15 is 0 Å². The second-order valence-electron chi connectivity index (χ2n) is 4.97. The molecule has 2 atom stereocenters. The van der Waals surface area contributed by atoms with Gasteiger partial charge in [0, 0.05) is 28.8 Å². The summed E-state index contributed by atoms with van der Waals surface area (Å²) in [7, 11) is 0. The molecule has 0 aromatic heterocycles. The van der Waals surface area contributed by atoms with E-state index in [0.29, 0.717) is 19.3 Å². The van der Waals surface area contributed by atoms with Crippen LogP contribution in [-0.4, -0.2) is 27.9 Å². The summed E-state index contributed by atoms with van der Waals surface area (Å²) in [5.74, 6) is -1.81. The van der Waals surface area contributed by atoms with E-state index in [1.54, 1.807) is 0 Å². The summed E-state index contributed by atoms with van der Waals surface area (Å²) in [6.07, 6.45) is 1.45. The van der Waals surface area contributed by atoms with Crippen LogP contribution in [0.5, 0.6) is 0 Å². The number of carboxylic acid groups (broad SMARTS) is 1. The number of nitrogens with zero attached hydrogens (tertiary/aromatic N) is 1. The number of nitro groups is 1. The zero-order chi connectivity index (χ0) is 15.6. The topological polar surface area (TPSA) is 110 Å². The van der Waals surface area contributed by atoms with Crippen LogP contribution in [0.15, 0.2) is 18.2 Å². The number of halogens is 1. The smallest absolute Gasteiger partial charge is 0.306 e. The Morgan fingerprint density at radius 3 is 2.62 bits per heavy atom. The molecule has 1 aliphatic carbocycles. The van der Waals surface area contributed by atoms with Crippen LogP contribution in [0.2, 0.25) is 5.02 Å². The van der Waals surface area contributed by atoms with E-state index in [-0.39, 0.29) is 22.3 Å². The number of nitrogens with one attached hydrogen (secondary N) is 1. The molecule has 1 aliphatic rings. The highest BCUT2D eigenvalue weighted by Gasteiger charge is 2.30. The number of rotatable bonds is 4. The van der Waals surface area contributed by atoms with Crippen molar-refractivity contribution < 1.29 is 19.6 Å². The molecular formula is C13H13ClN2O5. The number of carbonyl (C=O) groups excluding carboxylic acids is 1. The Hall–Kier alpha value is -2.15. The number of carboxylic acids is 1. The Morgan fingerprint density at radius 2 is 2.05 bits per heavy atom.